The molecule has 0 saturated carbocycles. The molecule has 0 radical (unpaired) electrons. The molecule has 1 amide bonds. The maximum absolute atomic E-state index is 12.1. The van der Waals surface area contributed by atoms with Crippen LogP contribution in [0.5, 0.6) is 0 Å². The van der Waals surface area contributed by atoms with E-state index >= 15 is 0 Å². The Morgan fingerprint density at radius 1 is 1.50 bits per heavy atom. The van der Waals surface area contributed by atoms with Crippen molar-refractivity contribution in [3.8, 4) is 0 Å². The number of ketones is 1. The quantitative estimate of drug-likeness (QED) is 0.661. The average Bonchev–Trinajstić information content (AvgIpc) is 2.88. The third-order valence-electron chi connectivity index (χ3n) is 3.95. The van der Waals surface area contributed by atoms with E-state index in [0.29, 0.717) is 17.7 Å². The number of amides is 1. The van der Waals surface area contributed by atoms with E-state index in [0.717, 1.165) is 16.9 Å². The number of Topliss-reactive ketones (excluding diaryl/α,β-unsaturated/α-hetero) is 1. The minimum Gasteiger partial charge on any atom is -0.342 e. The molecule has 5 nitrogen and oxygen atoms in total. The van der Waals surface area contributed by atoms with Crippen LogP contribution in [0, 0.1) is 0 Å². The van der Waals surface area contributed by atoms with Gasteiger partial charge < -0.3 is 10.3 Å². The van der Waals surface area contributed by atoms with Crippen molar-refractivity contribution in [3.05, 3.63) is 36.2 Å². The Morgan fingerprint density at radius 3 is 2.90 bits per heavy atom. The van der Waals surface area contributed by atoms with Gasteiger partial charge in [-0.2, -0.15) is 0 Å². The van der Waals surface area contributed by atoms with Crippen LogP contribution >= 0.6 is 0 Å². The average molecular weight is 269 g/mol. The summed E-state index contributed by atoms with van der Waals surface area (Å²) >= 11 is 0. The number of fused-ring (bicyclic) bond motifs is 2. The summed E-state index contributed by atoms with van der Waals surface area (Å²) in [5.41, 5.74) is 1.85. The molecule has 1 atom stereocenters. The van der Waals surface area contributed by atoms with Gasteiger partial charge in [-0.1, -0.05) is 6.08 Å². The van der Waals surface area contributed by atoms with Crippen LogP contribution in [0.25, 0.3) is 11.0 Å². The number of carbonyl (C=O) groups is 2. The minimum atomic E-state index is -1.12. The molecule has 3 rings (SSSR count). The fourth-order valence-electron chi connectivity index (χ4n) is 2.58. The number of nitrogens with zero attached hydrogens (tertiary/aromatic N) is 1. The summed E-state index contributed by atoms with van der Waals surface area (Å²) < 4.78 is 0. The number of nitrogens with one attached hydrogen (secondary N) is 2. The van der Waals surface area contributed by atoms with Gasteiger partial charge >= 0.3 is 0 Å². The van der Waals surface area contributed by atoms with Crippen LogP contribution in [-0.2, 0) is 21.4 Å². The van der Waals surface area contributed by atoms with Crippen LogP contribution in [0.3, 0.4) is 0 Å². The lowest BCUT2D eigenvalue weighted by atomic mass is 9.80. The van der Waals surface area contributed by atoms with E-state index in [1.54, 1.807) is 19.1 Å². The summed E-state index contributed by atoms with van der Waals surface area (Å²) in [6, 6.07) is 3.64. The number of H-pyrrole nitrogens is 1. The van der Waals surface area contributed by atoms with Crippen molar-refractivity contribution in [1.82, 2.24) is 9.97 Å². The molecule has 0 bridgehead atoms. The van der Waals surface area contributed by atoms with Crippen molar-refractivity contribution in [1.29, 1.82) is 0 Å². The second-order valence-electron chi connectivity index (χ2n) is 5.23. The highest BCUT2D eigenvalue weighted by atomic mass is 16.2. The molecule has 1 aliphatic rings. The van der Waals surface area contributed by atoms with E-state index in [4.69, 9.17) is 0 Å². The molecule has 0 aliphatic carbocycles. The van der Waals surface area contributed by atoms with E-state index in [1.165, 1.54) is 6.92 Å². The maximum Gasteiger partial charge on any atom is 0.242 e. The van der Waals surface area contributed by atoms with Gasteiger partial charge in [0.1, 0.15) is 17.0 Å². The number of hydrogen-bond acceptors (Lipinski definition) is 3. The Labute approximate surface area is 116 Å². The molecule has 0 saturated heterocycles. The fraction of sp³-hybridized carbons (Fsp3) is 0.267. The molecule has 2 heterocycles. The molecular formula is C15H15N3O2. The summed E-state index contributed by atoms with van der Waals surface area (Å²) in [5.74, 6) is 0.368. The van der Waals surface area contributed by atoms with Crippen LogP contribution < -0.4 is 5.32 Å². The Hall–Kier alpha value is -2.43. The Kier molecular flexibility index (Phi) is 2.54. The number of hydrogen-bond donors (Lipinski definition) is 2. The monoisotopic (exact) mass is 269 g/mol. The van der Waals surface area contributed by atoms with Crippen LogP contribution in [0.1, 0.15) is 25.2 Å². The van der Waals surface area contributed by atoms with E-state index in [2.05, 4.69) is 21.9 Å². The zero-order chi connectivity index (χ0) is 14.5. The summed E-state index contributed by atoms with van der Waals surface area (Å²) in [4.78, 5) is 31.6. The first-order chi connectivity index (χ1) is 9.46. The number of rotatable bonds is 3. The van der Waals surface area contributed by atoms with E-state index in [-0.39, 0.29) is 11.7 Å². The first-order valence-corrected chi connectivity index (χ1v) is 6.43. The molecule has 102 valence electrons. The molecule has 1 aliphatic heterocycles. The van der Waals surface area contributed by atoms with E-state index < -0.39 is 5.41 Å². The molecule has 5 heteroatoms. The second kappa shape index (κ2) is 4.03. The van der Waals surface area contributed by atoms with Crippen LogP contribution in [0.4, 0.5) is 5.69 Å². The molecule has 1 unspecified atom stereocenters. The van der Waals surface area contributed by atoms with Crippen molar-refractivity contribution < 1.29 is 9.59 Å². The number of aromatic amines is 1. The van der Waals surface area contributed by atoms with Gasteiger partial charge in [0.05, 0.1) is 11.0 Å². The summed E-state index contributed by atoms with van der Waals surface area (Å²) in [6.45, 7) is 6.78. The van der Waals surface area contributed by atoms with Crippen molar-refractivity contribution >= 4 is 28.4 Å². The Balaban J connectivity index is 2.22. The predicted octanol–water partition coefficient (Wildman–Crippen LogP) is 2.09. The van der Waals surface area contributed by atoms with Gasteiger partial charge in [-0.15, -0.1) is 6.58 Å². The van der Waals surface area contributed by atoms with Crippen molar-refractivity contribution in [3.63, 3.8) is 0 Å². The molecule has 0 spiro atoms. The summed E-state index contributed by atoms with van der Waals surface area (Å²) in [7, 11) is 0. The SMILES string of the molecule is C=CCc1nc2cc3c(cc2[nH]1)C(C)(C(C)=O)C(=O)N3. The topological polar surface area (TPSA) is 74.8 Å². The van der Waals surface area contributed by atoms with Gasteiger partial charge in [-0.25, -0.2) is 4.98 Å². The van der Waals surface area contributed by atoms with Gasteiger partial charge in [-0.3, -0.25) is 9.59 Å². The highest BCUT2D eigenvalue weighted by molar-refractivity contribution is 6.21. The molecular weight excluding hydrogens is 254 g/mol. The number of anilines is 1. The van der Waals surface area contributed by atoms with Gasteiger partial charge in [0.25, 0.3) is 0 Å². The number of aromatic nitrogens is 2. The van der Waals surface area contributed by atoms with Gasteiger partial charge in [0.2, 0.25) is 5.91 Å². The standard InChI is InChI=1S/C15H15N3O2/c1-4-5-13-16-11-6-9-10(7-12(11)17-13)18-14(20)15(9,3)8(2)19/h4,6-7H,1,5H2,2-3H3,(H,16,17)(H,18,20). The lowest BCUT2D eigenvalue weighted by molar-refractivity contribution is -0.130. The third-order valence-corrected chi connectivity index (χ3v) is 3.95. The van der Waals surface area contributed by atoms with Crippen molar-refractivity contribution in [2.24, 2.45) is 0 Å². The highest BCUT2D eigenvalue weighted by Gasteiger charge is 2.47. The predicted molar refractivity (Wildman–Crippen MR) is 76.7 cm³/mol. The van der Waals surface area contributed by atoms with Crippen LogP contribution in [0.15, 0.2) is 24.8 Å². The lowest BCUT2D eigenvalue weighted by Crippen LogP contribution is -2.37. The van der Waals surface area contributed by atoms with Crippen LogP contribution in [-0.4, -0.2) is 21.7 Å². The lowest BCUT2D eigenvalue weighted by Gasteiger charge is -2.17. The Bertz CT molecular complexity index is 760. The smallest absolute Gasteiger partial charge is 0.242 e. The molecule has 2 N–H and O–H groups in total. The molecule has 1 aromatic carbocycles. The molecule has 0 fully saturated rings. The zero-order valence-electron chi connectivity index (χ0n) is 11.4. The fourth-order valence-corrected chi connectivity index (χ4v) is 2.58. The van der Waals surface area contributed by atoms with E-state index in [9.17, 15) is 9.59 Å². The van der Waals surface area contributed by atoms with Crippen molar-refractivity contribution in [2.45, 2.75) is 25.7 Å². The largest absolute Gasteiger partial charge is 0.342 e. The Morgan fingerprint density at radius 2 is 2.25 bits per heavy atom. The number of carbonyl (C=O) groups excluding carboxylic acids is 2. The molecule has 1 aromatic heterocycles. The van der Waals surface area contributed by atoms with Gasteiger partial charge in [0.15, 0.2) is 0 Å². The molecule has 2 aromatic rings. The second-order valence-corrected chi connectivity index (χ2v) is 5.23. The number of imidazole rings is 1. The minimum absolute atomic E-state index is 0.168. The number of allylic oxidation sites excluding steroid dienone is 1. The number of benzene rings is 1. The van der Waals surface area contributed by atoms with Gasteiger partial charge in [0, 0.05) is 17.7 Å². The van der Waals surface area contributed by atoms with Crippen LogP contribution in [0.2, 0.25) is 0 Å². The third kappa shape index (κ3) is 1.52. The highest BCUT2D eigenvalue weighted by Crippen LogP contribution is 2.40. The summed E-state index contributed by atoms with van der Waals surface area (Å²) in [6.07, 6.45) is 2.42. The zero-order valence-corrected chi connectivity index (χ0v) is 11.4. The van der Waals surface area contributed by atoms with E-state index in [1.807, 2.05) is 6.07 Å². The summed E-state index contributed by atoms with van der Waals surface area (Å²) in [5, 5.41) is 2.77. The van der Waals surface area contributed by atoms with Gasteiger partial charge in [-0.05, 0) is 26.0 Å². The maximum atomic E-state index is 12.1. The first kappa shape index (κ1) is 12.6. The normalized spacial score (nSPS) is 20.8. The van der Waals surface area contributed by atoms with Crippen molar-refractivity contribution in [2.75, 3.05) is 5.32 Å². The molecule has 20 heavy (non-hydrogen) atoms. The first-order valence-electron chi connectivity index (χ1n) is 6.43.